The van der Waals surface area contributed by atoms with Crippen LogP contribution in [0.5, 0.6) is 5.75 Å². The third kappa shape index (κ3) is 7.35. The van der Waals surface area contributed by atoms with Crippen LogP contribution in [0.3, 0.4) is 0 Å². The average Bonchev–Trinajstić information content (AvgIpc) is 2.53. The molecule has 4 heteroatoms. The Kier molecular flexibility index (Phi) is 9.46. The van der Waals surface area contributed by atoms with Crippen LogP contribution in [0.1, 0.15) is 30.0 Å². The Labute approximate surface area is 151 Å². The number of rotatable bonds is 9. The molecule has 0 bridgehead atoms. The van der Waals surface area contributed by atoms with Crippen LogP contribution in [0.2, 0.25) is 0 Å². The van der Waals surface area contributed by atoms with Gasteiger partial charge in [-0.2, -0.15) is 0 Å². The Balaban J connectivity index is 0.00000288. The van der Waals surface area contributed by atoms with Gasteiger partial charge in [-0.05, 0) is 44.0 Å². The van der Waals surface area contributed by atoms with E-state index in [1.807, 2.05) is 6.07 Å². The largest absolute Gasteiger partial charge is 0.493 e. The Morgan fingerprint density at radius 1 is 1.12 bits per heavy atom. The molecule has 1 atom stereocenters. The van der Waals surface area contributed by atoms with Crippen LogP contribution in [-0.4, -0.2) is 30.9 Å². The molecule has 0 heterocycles. The molecule has 0 aliphatic carbocycles. The molecule has 0 amide bonds. The van der Waals surface area contributed by atoms with Gasteiger partial charge in [-0.15, -0.1) is 12.4 Å². The normalized spacial score (nSPS) is 11.6. The molecule has 0 aromatic heterocycles. The van der Waals surface area contributed by atoms with Crippen LogP contribution < -0.4 is 10.1 Å². The van der Waals surface area contributed by atoms with E-state index in [4.69, 9.17) is 4.74 Å². The molecule has 0 aliphatic heterocycles. The fourth-order valence-corrected chi connectivity index (χ4v) is 2.49. The van der Waals surface area contributed by atoms with Crippen LogP contribution >= 0.6 is 12.4 Å². The lowest BCUT2D eigenvalue weighted by molar-refractivity contribution is 0.190. The second kappa shape index (κ2) is 11.1. The van der Waals surface area contributed by atoms with Gasteiger partial charge in [-0.3, -0.25) is 0 Å². The van der Waals surface area contributed by atoms with E-state index in [1.54, 1.807) is 6.92 Å². The standard InChI is InChI=1S/C20H27NO2.ClH/c1-16-9-10-20(23-12-6-11-21-15-17(2)22)19(13-16)14-18-7-4-3-5-8-18;/h3-5,7-10,13,17,21-22H,6,11-12,14-15H2,1-2H3;1H. The van der Waals surface area contributed by atoms with E-state index in [1.165, 1.54) is 16.7 Å². The molecule has 3 nitrogen and oxygen atoms in total. The smallest absolute Gasteiger partial charge is 0.122 e. The maximum Gasteiger partial charge on any atom is 0.122 e. The number of halogens is 1. The third-order valence-electron chi connectivity index (χ3n) is 3.65. The molecule has 0 radical (unpaired) electrons. The van der Waals surface area contributed by atoms with E-state index in [-0.39, 0.29) is 18.5 Å². The second-order valence-electron chi connectivity index (χ2n) is 6.03. The number of aliphatic hydroxyl groups excluding tert-OH is 1. The maximum absolute atomic E-state index is 9.20. The van der Waals surface area contributed by atoms with Gasteiger partial charge >= 0.3 is 0 Å². The zero-order chi connectivity index (χ0) is 16.5. The molecule has 2 aromatic carbocycles. The first-order chi connectivity index (χ1) is 11.1. The van der Waals surface area contributed by atoms with Gasteiger partial charge in [0.25, 0.3) is 0 Å². The fourth-order valence-electron chi connectivity index (χ4n) is 2.49. The van der Waals surface area contributed by atoms with Crippen molar-refractivity contribution in [2.45, 2.75) is 32.8 Å². The van der Waals surface area contributed by atoms with Gasteiger partial charge in [0.15, 0.2) is 0 Å². The van der Waals surface area contributed by atoms with E-state index >= 15 is 0 Å². The van der Waals surface area contributed by atoms with Crippen LogP contribution in [0.25, 0.3) is 0 Å². The average molecular weight is 350 g/mol. The zero-order valence-corrected chi connectivity index (χ0v) is 15.3. The van der Waals surface area contributed by atoms with Gasteiger partial charge < -0.3 is 15.2 Å². The number of ether oxygens (including phenoxy) is 1. The highest BCUT2D eigenvalue weighted by Gasteiger charge is 2.05. The highest BCUT2D eigenvalue weighted by atomic mass is 35.5. The molecule has 2 aromatic rings. The third-order valence-corrected chi connectivity index (χ3v) is 3.65. The quantitative estimate of drug-likeness (QED) is 0.677. The molecule has 0 saturated heterocycles. The minimum atomic E-state index is -0.300. The lowest BCUT2D eigenvalue weighted by Gasteiger charge is -2.13. The molecule has 0 spiro atoms. The van der Waals surface area contributed by atoms with Crippen molar-refractivity contribution in [2.24, 2.45) is 0 Å². The van der Waals surface area contributed by atoms with Crippen molar-refractivity contribution in [3.8, 4) is 5.75 Å². The summed E-state index contributed by atoms with van der Waals surface area (Å²) in [4.78, 5) is 0. The predicted octanol–water partition coefficient (Wildman–Crippen LogP) is 3.75. The van der Waals surface area contributed by atoms with Crippen molar-refractivity contribution in [3.05, 3.63) is 65.2 Å². The molecule has 1 unspecified atom stereocenters. The topological polar surface area (TPSA) is 41.5 Å². The molecular weight excluding hydrogens is 322 g/mol. The van der Waals surface area contributed by atoms with Crippen molar-refractivity contribution >= 4 is 12.4 Å². The molecular formula is C20H28ClNO2. The summed E-state index contributed by atoms with van der Waals surface area (Å²) in [6.07, 6.45) is 1.51. The molecule has 132 valence electrons. The Morgan fingerprint density at radius 2 is 1.88 bits per heavy atom. The van der Waals surface area contributed by atoms with E-state index < -0.39 is 0 Å². The molecule has 0 saturated carbocycles. The summed E-state index contributed by atoms with van der Waals surface area (Å²) in [5.74, 6) is 0.968. The Morgan fingerprint density at radius 3 is 2.58 bits per heavy atom. The number of hydrogen-bond donors (Lipinski definition) is 2. The van der Waals surface area contributed by atoms with Crippen LogP contribution in [0, 0.1) is 6.92 Å². The van der Waals surface area contributed by atoms with E-state index in [2.05, 4.69) is 54.7 Å². The monoisotopic (exact) mass is 349 g/mol. The van der Waals surface area contributed by atoms with Crippen molar-refractivity contribution in [1.29, 1.82) is 0 Å². The first-order valence-electron chi connectivity index (χ1n) is 8.30. The summed E-state index contributed by atoms with van der Waals surface area (Å²) in [5, 5.41) is 12.4. The number of nitrogens with one attached hydrogen (secondary N) is 1. The molecule has 24 heavy (non-hydrogen) atoms. The number of hydrogen-bond acceptors (Lipinski definition) is 3. The summed E-state index contributed by atoms with van der Waals surface area (Å²) in [5.41, 5.74) is 3.77. The van der Waals surface area contributed by atoms with Crippen molar-refractivity contribution in [1.82, 2.24) is 5.32 Å². The van der Waals surface area contributed by atoms with Crippen LogP contribution in [-0.2, 0) is 6.42 Å². The lowest BCUT2D eigenvalue weighted by Crippen LogP contribution is -2.26. The van der Waals surface area contributed by atoms with E-state index in [9.17, 15) is 5.11 Å². The van der Waals surface area contributed by atoms with Crippen molar-refractivity contribution < 1.29 is 9.84 Å². The first kappa shape index (κ1) is 20.5. The van der Waals surface area contributed by atoms with Gasteiger partial charge in [-0.25, -0.2) is 0 Å². The molecule has 0 aliphatic rings. The van der Waals surface area contributed by atoms with E-state index in [0.29, 0.717) is 13.2 Å². The minimum absolute atomic E-state index is 0. The number of aryl methyl sites for hydroxylation is 1. The van der Waals surface area contributed by atoms with Gasteiger partial charge in [0.05, 0.1) is 12.7 Å². The van der Waals surface area contributed by atoms with Gasteiger partial charge in [0.2, 0.25) is 0 Å². The Bertz CT molecular complexity index is 587. The van der Waals surface area contributed by atoms with Crippen LogP contribution in [0.4, 0.5) is 0 Å². The molecule has 2 N–H and O–H groups in total. The number of aliphatic hydroxyl groups is 1. The lowest BCUT2D eigenvalue weighted by atomic mass is 10.0. The van der Waals surface area contributed by atoms with E-state index in [0.717, 1.165) is 25.1 Å². The van der Waals surface area contributed by atoms with Crippen LogP contribution in [0.15, 0.2) is 48.5 Å². The number of benzene rings is 2. The summed E-state index contributed by atoms with van der Waals surface area (Å²) in [6.45, 7) is 6.05. The Hall–Kier alpha value is -1.55. The molecule has 0 fully saturated rings. The first-order valence-corrected chi connectivity index (χ1v) is 8.30. The summed E-state index contributed by atoms with van der Waals surface area (Å²) in [7, 11) is 0. The van der Waals surface area contributed by atoms with Gasteiger partial charge in [-0.1, -0.05) is 48.0 Å². The molecule has 2 rings (SSSR count). The SMILES string of the molecule is Cc1ccc(OCCCNCC(C)O)c(Cc2ccccc2)c1.Cl. The minimum Gasteiger partial charge on any atom is -0.493 e. The fraction of sp³-hybridized carbons (Fsp3) is 0.400. The van der Waals surface area contributed by atoms with Gasteiger partial charge in [0, 0.05) is 13.0 Å². The maximum atomic E-state index is 9.20. The predicted molar refractivity (Wildman–Crippen MR) is 102 cm³/mol. The van der Waals surface area contributed by atoms with Crippen molar-refractivity contribution in [2.75, 3.05) is 19.7 Å². The summed E-state index contributed by atoms with van der Waals surface area (Å²) < 4.78 is 5.97. The summed E-state index contributed by atoms with van der Waals surface area (Å²) in [6, 6.07) is 16.8. The highest BCUT2D eigenvalue weighted by molar-refractivity contribution is 5.85. The summed E-state index contributed by atoms with van der Waals surface area (Å²) >= 11 is 0. The van der Waals surface area contributed by atoms with Crippen molar-refractivity contribution in [3.63, 3.8) is 0 Å². The highest BCUT2D eigenvalue weighted by Crippen LogP contribution is 2.23. The zero-order valence-electron chi connectivity index (χ0n) is 14.5. The van der Waals surface area contributed by atoms with Gasteiger partial charge in [0.1, 0.15) is 5.75 Å². The second-order valence-corrected chi connectivity index (χ2v) is 6.03.